The molecule has 3 aromatic rings. The number of nitrogens with zero attached hydrogens (tertiary/aromatic N) is 3. The van der Waals surface area contributed by atoms with E-state index >= 15 is 0 Å². The van der Waals surface area contributed by atoms with Crippen LogP contribution in [0.3, 0.4) is 0 Å². The van der Waals surface area contributed by atoms with Gasteiger partial charge in [-0.15, -0.1) is 0 Å². The van der Waals surface area contributed by atoms with Crippen molar-refractivity contribution >= 4 is 34.8 Å². The topological polar surface area (TPSA) is 85.6 Å². The van der Waals surface area contributed by atoms with Crippen molar-refractivity contribution in [2.75, 3.05) is 23.4 Å². The second-order valence-corrected chi connectivity index (χ2v) is 7.30. The highest BCUT2D eigenvalue weighted by atomic mass is 35.5. The number of benzene rings is 2. The number of fused-ring (bicyclic) bond motifs is 1. The van der Waals surface area contributed by atoms with Crippen molar-refractivity contribution in [2.24, 2.45) is 7.05 Å². The quantitative estimate of drug-likeness (QED) is 0.694. The monoisotopic (exact) mass is 426 g/mol. The molecule has 0 spiro atoms. The zero-order valence-electron chi connectivity index (χ0n) is 16.4. The highest BCUT2D eigenvalue weighted by Gasteiger charge is 2.28. The van der Waals surface area contributed by atoms with E-state index in [-0.39, 0.29) is 30.3 Å². The van der Waals surface area contributed by atoms with Crippen LogP contribution in [0.1, 0.15) is 5.69 Å². The number of anilines is 2. The average Bonchev–Trinajstić information content (AvgIpc) is 2.94. The molecule has 0 unspecified atom stereocenters. The minimum Gasteiger partial charge on any atom is -0.482 e. The number of carbonyl (C=O) groups excluding carboxylic acids is 2. The van der Waals surface area contributed by atoms with E-state index in [9.17, 15) is 14.4 Å². The number of ether oxygens (including phenoxy) is 1. The molecule has 8 nitrogen and oxygen atoms in total. The Morgan fingerprint density at radius 3 is 2.63 bits per heavy atom. The molecule has 2 amide bonds. The van der Waals surface area contributed by atoms with Crippen LogP contribution in [0.25, 0.3) is 5.69 Å². The Bertz CT molecular complexity index is 1200. The molecule has 1 aliphatic rings. The molecule has 1 aliphatic heterocycles. The summed E-state index contributed by atoms with van der Waals surface area (Å²) in [6, 6.07) is 14.0. The molecule has 0 aliphatic carbocycles. The fraction of sp³-hybridized carbons (Fsp3) is 0.190. The smallest absolute Gasteiger partial charge is 0.295 e. The lowest BCUT2D eigenvalue weighted by Crippen LogP contribution is -2.43. The van der Waals surface area contributed by atoms with Crippen molar-refractivity contribution in [3.05, 3.63) is 69.6 Å². The Hall–Kier alpha value is -3.52. The molecule has 4 rings (SSSR count). The second kappa shape index (κ2) is 7.72. The Morgan fingerprint density at radius 2 is 1.90 bits per heavy atom. The standard InChI is InChI=1S/C21H19ClN4O4/c1-13-20(21(29)26(24(13)2)15-6-4-3-5-7-15)23-18(27)11-25-16-10-14(22)8-9-17(16)30-12-19(25)28/h3-10H,11-12H2,1-2H3,(H,23,27). The molecular weight excluding hydrogens is 408 g/mol. The van der Waals surface area contributed by atoms with E-state index in [1.165, 1.54) is 9.58 Å². The molecule has 0 saturated heterocycles. The number of nitrogens with one attached hydrogen (secondary N) is 1. The number of rotatable bonds is 4. The van der Waals surface area contributed by atoms with Gasteiger partial charge in [0.1, 0.15) is 18.0 Å². The molecule has 30 heavy (non-hydrogen) atoms. The first kappa shape index (κ1) is 19.8. The van der Waals surface area contributed by atoms with Gasteiger partial charge in [0.15, 0.2) is 6.61 Å². The fourth-order valence-corrected chi connectivity index (χ4v) is 3.55. The van der Waals surface area contributed by atoms with Gasteiger partial charge in [-0.3, -0.25) is 24.0 Å². The van der Waals surface area contributed by atoms with Crippen LogP contribution in [-0.4, -0.2) is 34.3 Å². The number of halogens is 1. The lowest BCUT2D eigenvalue weighted by Gasteiger charge is -2.28. The zero-order valence-corrected chi connectivity index (χ0v) is 17.1. The summed E-state index contributed by atoms with van der Waals surface area (Å²) in [5.41, 5.74) is 1.50. The van der Waals surface area contributed by atoms with E-state index in [1.807, 2.05) is 18.2 Å². The molecule has 2 aromatic carbocycles. The average molecular weight is 427 g/mol. The highest BCUT2D eigenvalue weighted by Crippen LogP contribution is 2.34. The minimum atomic E-state index is -0.498. The minimum absolute atomic E-state index is 0.165. The first-order valence-corrected chi connectivity index (χ1v) is 9.61. The van der Waals surface area contributed by atoms with E-state index in [1.54, 1.807) is 49.0 Å². The summed E-state index contributed by atoms with van der Waals surface area (Å²) in [6.07, 6.45) is 0. The summed E-state index contributed by atoms with van der Waals surface area (Å²) in [5.74, 6) is -0.400. The molecule has 0 fully saturated rings. The Balaban J connectivity index is 1.61. The number of para-hydroxylation sites is 1. The van der Waals surface area contributed by atoms with Gasteiger partial charge in [0, 0.05) is 12.1 Å². The molecule has 0 atom stereocenters. The van der Waals surface area contributed by atoms with Crippen LogP contribution in [0.2, 0.25) is 5.02 Å². The summed E-state index contributed by atoms with van der Waals surface area (Å²) >= 11 is 6.04. The van der Waals surface area contributed by atoms with Crippen LogP contribution in [0, 0.1) is 6.92 Å². The third kappa shape index (κ3) is 3.46. The van der Waals surface area contributed by atoms with Crippen molar-refractivity contribution in [3.63, 3.8) is 0 Å². The first-order chi connectivity index (χ1) is 14.4. The van der Waals surface area contributed by atoms with Crippen molar-refractivity contribution in [2.45, 2.75) is 6.92 Å². The van der Waals surface area contributed by atoms with Crippen molar-refractivity contribution < 1.29 is 14.3 Å². The van der Waals surface area contributed by atoms with E-state index in [0.29, 0.717) is 27.8 Å². The molecule has 0 radical (unpaired) electrons. The van der Waals surface area contributed by atoms with Crippen LogP contribution in [0.15, 0.2) is 53.3 Å². The third-order valence-electron chi connectivity index (χ3n) is 4.98. The summed E-state index contributed by atoms with van der Waals surface area (Å²) in [4.78, 5) is 39.3. The SMILES string of the molecule is Cc1c(NC(=O)CN2C(=O)COc3ccc(Cl)cc32)c(=O)n(-c2ccccc2)n1C. The van der Waals surface area contributed by atoms with Gasteiger partial charge in [0.25, 0.3) is 11.5 Å². The van der Waals surface area contributed by atoms with Crippen molar-refractivity contribution in [1.29, 1.82) is 0 Å². The number of amides is 2. The van der Waals surface area contributed by atoms with Crippen molar-refractivity contribution in [3.8, 4) is 11.4 Å². The number of aromatic nitrogens is 2. The Kier molecular flexibility index (Phi) is 5.09. The zero-order chi connectivity index (χ0) is 21.4. The van der Waals surface area contributed by atoms with Gasteiger partial charge in [-0.25, -0.2) is 4.68 Å². The summed E-state index contributed by atoms with van der Waals surface area (Å²) < 4.78 is 8.53. The molecule has 0 saturated carbocycles. The van der Waals surface area contributed by atoms with Gasteiger partial charge in [-0.1, -0.05) is 29.8 Å². The normalized spacial score (nSPS) is 13.0. The predicted octanol–water partition coefficient (Wildman–Crippen LogP) is 2.50. The lowest BCUT2D eigenvalue weighted by atomic mass is 10.2. The van der Waals surface area contributed by atoms with Crippen LogP contribution < -0.4 is 20.5 Å². The van der Waals surface area contributed by atoms with Crippen LogP contribution in [0.5, 0.6) is 5.75 Å². The summed E-state index contributed by atoms with van der Waals surface area (Å²) in [5, 5.41) is 3.08. The van der Waals surface area contributed by atoms with Crippen LogP contribution >= 0.6 is 11.6 Å². The maximum atomic E-state index is 13.0. The van der Waals surface area contributed by atoms with Gasteiger partial charge < -0.3 is 10.1 Å². The van der Waals surface area contributed by atoms with E-state index in [2.05, 4.69) is 5.32 Å². The lowest BCUT2D eigenvalue weighted by molar-refractivity contribution is -0.123. The summed E-state index contributed by atoms with van der Waals surface area (Å²) in [6.45, 7) is 1.30. The molecule has 1 N–H and O–H groups in total. The number of carbonyl (C=O) groups is 2. The predicted molar refractivity (Wildman–Crippen MR) is 114 cm³/mol. The molecule has 1 aromatic heterocycles. The number of hydrogen-bond acceptors (Lipinski definition) is 4. The first-order valence-electron chi connectivity index (χ1n) is 9.23. The maximum absolute atomic E-state index is 13.0. The van der Waals surface area contributed by atoms with E-state index < -0.39 is 5.91 Å². The highest BCUT2D eigenvalue weighted by molar-refractivity contribution is 6.31. The fourth-order valence-electron chi connectivity index (χ4n) is 3.38. The Morgan fingerprint density at radius 1 is 1.17 bits per heavy atom. The molecule has 2 heterocycles. The van der Waals surface area contributed by atoms with Crippen LogP contribution in [-0.2, 0) is 16.6 Å². The van der Waals surface area contributed by atoms with Gasteiger partial charge in [0.05, 0.1) is 17.1 Å². The molecule has 0 bridgehead atoms. The van der Waals surface area contributed by atoms with Gasteiger partial charge in [-0.2, -0.15) is 0 Å². The second-order valence-electron chi connectivity index (χ2n) is 6.87. The summed E-state index contributed by atoms with van der Waals surface area (Å²) in [7, 11) is 1.74. The largest absolute Gasteiger partial charge is 0.482 e. The van der Waals surface area contributed by atoms with Gasteiger partial charge in [0.2, 0.25) is 5.91 Å². The molecular formula is C21H19ClN4O4. The van der Waals surface area contributed by atoms with Crippen molar-refractivity contribution in [1.82, 2.24) is 9.36 Å². The van der Waals surface area contributed by atoms with Gasteiger partial charge in [-0.05, 0) is 37.3 Å². The van der Waals surface area contributed by atoms with E-state index in [4.69, 9.17) is 16.3 Å². The number of hydrogen-bond donors (Lipinski definition) is 1. The van der Waals surface area contributed by atoms with Crippen LogP contribution in [0.4, 0.5) is 11.4 Å². The van der Waals surface area contributed by atoms with E-state index in [0.717, 1.165) is 0 Å². The molecule has 9 heteroatoms. The Labute approximate surface area is 177 Å². The third-order valence-corrected chi connectivity index (χ3v) is 5.22. The maximum Gasteiger partial charge on any atom is 0.295 e. The van der Waals surface area contributed by atoms with Gasteiger partial charge >= 0.3 is 0 Å². The molecule has 154 valence electrons.